The number of esters is 1. The number of rotatable bonds is 6. The van der Waals surface area contributed by atoms with E-state index < -0.39 is 12.1 Å². The molecule has 2 heterocycles. The summed E-state index contributed by atoms with van der Waals surface area (Å²) in [5.41, 5.74) is 3.03. The molecule has 1 saturated heterocycles. The molecule has 1 unspecified atom stereocenters. The second-order valence-corrected chi connectivity index (χ2v) is 7.36. The van der Waals surface area contributed by atoms with E-state index in [1.165, 1.54) is 7.11 Å². The Morgan fingerprint density at radius 3 is 2.66 bits per heavy atom. The highest BCUT2D eigenvalue weighted by atomic mass is 16.6. The number of nitrogens with zero attached hydrogens (tertiary/aromatic N) is 1. The molecular weight excluding hydrogens is 378 g/mol. The molecular formula is C21H25NO7. The fourth-order valence-corrected chi connectivity index (χ4v) is 3.69. The Hall–Kier alpha value is -3.03. The zero-order chi connectivity index (χ0) is 21.3. The lowest BCUT2D eigenvalue weighted by Gasteiger charge is -2.16. The number of fused-ring (bicyclic) bond motifs is 1. The Morgan fingerprint density at radius 1 is 1.31 bits per heavy atom. The second-order valence-electron chi connectivity index (χ2n) is 7.36. The van der Waals surface area contributed by atoms with Gasteiger partial charge in [-0.05, 0) is 39.2 Å². The summed E-state index contributed by atoms with van der Waals surface area (Å²) in [5, 5.41) is 10.6. The van der Waals surface area contributed by atoms with Gasteiger partial charge in [0.05, 0.1) is 13.2 Å². The summed E-state index contributed by atoms with van der Waals surface area (Å²) in [6.45, 7) is 5.81. The molecule has 29 heavy (non-hydrogen) atoms. The van der Waals surface area contributed by atoms with Crippen LogP contribution in [0.2, 0.25) is 0 Å². The van der Waals surface area contributed by atoms with Crippen molar-refractivity contribution in [3.05, 3.63) is 33.9 Å². The van der Waals surface area contributed by atoms with Gasteiger partial charge in [0.15, 0.2) is 0 Å². The zero-order valence-electron chi connectivity index (χ0n) is 17.0. The molecule has 8 nitrogen and oxygen atoms in total. The van der Waals surface area contributed by atoms with Crippen LogP contribution in [0.5, 0.6) is 11.5 Å². The molecule has 0 aromatic heterocycles. The molecule has 0 radical (unpaired) electrons. The number of benzene rings is 1. The molecule has 1 aromatic carbocycles. The van der Waals surface area contributed by atoms with E-state index in [0.29, 0.717) is 29.7 Å². The highest BCUT2D eigenvalue weighted by Crippen LogP contribution is 2.42. The van der Waals surface area contributed by atoms with Gasteiger partial charge in [-0.1, -0.05) is 11.6 Å². The lowest BCUT2D eigenvalue weighted by molar-refractivity contribution is -0.128. The predicted molar refractivity (Wildman–Crippen MR) is 103 cm³/mol. The van der Waals surface area contributed by atoms with Crippen LogP contribution >= 0.6 is 0 Å². The van der Waals surface area contributed by atoms with E-state index in [0.717, 1.165) is 16.0 Å². The van der Waals surface area contributed by atoms with Crippen LogP contribution in [0.3, 0.4) is 0 Å². The van der Waals surface area contributed by atoms with Crippen LogP contribution in [0.15, 0.2) is 11.6 Å². The first-order valence-electron chi connectivity index (χ1n) is 9.49. The third kappa shape index (κ3) is 3.79. The summed E-state index contributed by atoms with van der Waals surface area (Å²) < 4.78 is 15.4. The minimum atomic E-state index is -0.598. The van der Waals surface area contributed by atoms with Gasteiger partial charge in [-0.3, -0.25) is 4.79 Å². The first-order valence-corrected chi connectivity index (χ1v) is 9.49. The van der Waals surface area contributed by atoms with Gasteiger partial charge < -0.3 is 19.3 Å². The van der Waals surface area contributed by atoms with E-state index in [-0.39, 0.29) is 42.9 Å². The number of allylic oxidation sites excluding steroid dienone is 2. The summed E-state index contributed by atoms with van der Waals surface area (Å²) in [5.74, 6) is -0.418. The topological polar surface area (TPSA) is 102 Å². The molecule has 0 aliphatic carbocycles. The maximum Gasteiger partial charge on any atom is 0.416 e. The summed E-state index contributed by atoms with van der Waals surface area (Å²) in [6, 6.07) is -0.255. The van der Waals surface area contributed by atoms with Crippen molar-refractivity contribution in [3.63, 3.8) is 0 Å². The number of imide groups is 1. The predicted octanol–water partition coefficient (Wildman–Crippen LogP) is 3.02. The van der Waals surface area contributed by atoms with Crippen molar-refractivity contribution in [2.45, 2.75) is 52.7 Å². The Bertz CT molecular complexity index is 903. The van der Waals surface area contributed by atoms with Crippen LogP contribution in [0.25, 0.3) is 0 Å². The molecule has 1 atom stereocenters. The van der Waals surface area contributed by atoms with Crippen molar-refractivity contribution in [1.29, 1.82) is 0 Å². The number of aromatic hydroxyl groups is 1. The van der Waals surface area contributed by atoms with Gasteiger partial charge in [-0.15, -0.1) is 0 Å². The lowest BCUT2D eigenvalue weighted by atomic mass is 9.94. The summed E-state index contributed by atoms with van der Waals surface area (Å²) in [6.07, 6.45) is 2.26. The van der Waals surface area contributed by atoms with Crippen molar-refractivity contribution >= 4 is 18.0 Å². The molecule has 2 aliphatic rings. The smallest absolute Gasteiger partial charge is 0.416 e. The molecule has 1 N–H and O–H groups in total. The van der Waals surface area contributed by atoms with Crippen LogP contribution in [-0.2, 0) is 27.3 Å². The standard InChI is InChI=1S/C21H25NO7/c1-11(6-8-16(23)22-12(2)9-29-21(22)26)5-7-14-18(24)17-15(10-28-20(17)25)13(3)19(14)27-4/h5,12,24H,6-10H2,1-4H3. The first kappa shape index (κ1) is 20.7. The summed E-state index contributed by atoms with van der Waals surface area (Å²) in [4.78, 5) is 37.0. The molecule has 0 bridgehead atoms. The largest absolute Gasteiger partial charge is 0.507 e. The molecule has 8 heteroatoms. The highest BCUT2D eigenvalue weighted by molar-refractivity contribution is 5.98. The van der Waals surface area contributed by atoms with Crippen molar-refractivity contribution < 1.29 is 33.7 Å². The molecule has 2 amide bonds. The summed E-state index contributed by atoms with van der Waals surface area (Å²) in [7, 11) is 1.51. The Kier molecular flexibility index (Phi) is 5.81. The molecule has 1 fully saturated rings. The number of hydrogen-bond acceptors (Lipinski definition) is 7. The molecule has 1 aromatic rings. The quantitative estimate of drug-likeness (QED) is 0.575. The minimum Gasteiger partial charge on any atom is -0.507 e. The van der Waals surface area contributed by atoms with Gasteiger partial charge in [-0.25, -0.2) is 14.5 Å². The number of hydrogen-bond donors (Lipinski definition) is 1. The zero-order valence-corrected chi connectivity index (χ0v) is 17.0. The molecule has 3 rings (SSSR count). The van der Waals surface area contributed by atoms with Crippen molar-refractivity contribution in [2.75, 3.05) is 13.7 Å². The van der Waals surface area contributed by atoms with Crippen LogP contribution in [0, 0.1) is 6.92 Å². The van der Waals surface area contributed by atoms with E-state index in [4.69, 9.17) is 14.2 Å². The maximum atomic E-state index is 12.3. The van der Waals surface area contributed by atoms with Crippen LogP contribution in [-0.4, -0.2) is 47.7 Å². The number of carbonyl (C=O) groups is 3. The van der Waals surface area contributed by atoms with Gasteiger partial charge in [0.25, 0.3) is 0 Å². The van der Waals surface area contributed by atoms with Gasteiger partial charge in [0.1, 0.15) is 30.3 Å². The number of cyclic esters (lactones) is 2. The van der Waals surface area contributed by atoms with E-state index in [1.54, 1.807) is 6.92 Å². The number of amides is 2. The van der Waals surface area contributed by atoms with E-state index in [2.05, 4.69) is 0 Å². The molecule has 156 valence electrons. The SMILES string of the molecule is COc1c(C)c2c(c(O)c1CC=C(C)CCC(=O)N1C(=O)OCC1C)C(=O)OC2. The average Bonchev–Trinajstić information content (AvgIpc) is 3.23. The fraction of sp³-hybridized carbons (Fsp3) is 0.476. The third-order valence-electron chi connectivity index (χ3n) is 5.39. The van der Waals surface area contributed by atoms with E-state index in [1.807, 2.05) is 19.9 Å². The maximum absolute atomic E-state index is 12.3. The normalized spacial score (nSPS) is 18.6. The summed E-state index contributed by atoms with van der Waals surface area (Å²) >= 11 is 0. The Labute approximate surface area is 169 Å². The third-order valence-corrected chi connectivity index (χ3v) is 5.39. The van der Waals surface area contributed by atoms with E-state index in [9.17, 15) is 19.5 Å². The van der Waals surface area contributed by atoms with E-state index >= 15 is 0 Å². The molecule has 0 spiro atoms. The van der Waals surface area contributed by atoms with Gasteiger partial charge in [0, 0.05) is 17.5 Å². The van der Waals surface area contributed by atoms with Crippen LogP contribution in [0.1, 0.15) is 53.7 Å². The fourth-order valence-electron chi connectivity index (χ4n) is 3.69. The van der Waals surface area contributed by atoms with Crippen molar-refractivity contribution in [1.82, 2.24) is 4.90 Å². The number of ether oxygens (including phenoxy) is 3. The first-order chi connectivity index (χ1) is 13.8. The Morgan fingerprint density at radius 2 is 2.03 bits per heavy atom. The Balaban J connectivity index is 1.73. The number of phenols is 1. The number of methoxy groups -OCH3 is 1. The number of carbonyl (C=O) groups excluding carboxylic acids is 3. The highest BCUT2D eigenvalue weighted by Gasteiger charge is 2.34. The molecule has 0 saturated carbocycles. The average molecular weight is 403 g/mol. The van der Waals surface area contributed by atoms with Gasteiger partial charge in [0.2, 0.25) is 5.91 Å². The van der Waals surface area contributed by atoms with Crippen molar-refractivity contribution in [2.24, 2.45) is 0 Å². The monoisotopic (exact) mass is 403 g/mol. The molecule has 2 aliphatic heterocycles. The van der Waals surface area contributed by atoms with Gasteiger partial charge >= 0.3 is 12.1 Å². The second kappa shape index (κ2) is 8.14. The van der Waals surface area contributed by atoms with Gasteiger partial charge in [-0.2, -0.15) is 0 Å². The lowest BCUT2D eigenvalue weighted by Crippen LogP contribution is -2.37. The van der Waals surface area contributed by atoms with Crippen LogP contribution < -0.4 is 4.74 Å². The number of phenolic OH excluding ortho intramolecular Hbond substituents is 1. The van der Waals surface area contributed by atoms with Crippen molar-refractivity contribution in [3.8, 4) is 11.5 Å². The van der Waals surface area contributed by atoms with Crippen LogP contribution in [0.4, 0.5) is 4.79 Å². The minimum absolute atomic E-state index is 0.124.